The molecule has 1 N–H and O–H groups in total. The van der Waals surface area contributed by atoms with Crippen molar-refractivity contribution >= 4 is 39.4 Å². The van der Waals surface area contributed by atoms with E-state index < -0.39 is 22.5 Å². The van der Waals surface area contributed by atoms with Gasteiger partial charge in [-0.15, -0.1) is 0 Å². The number of sulfonamides is 1. The first-order valence-electron chi connectivity index (χ1n) is 12.2. The summed E-state index contributed by atoms with van der Waals surface area (Å²) in [6.07, 6.45) is 1.47. The van der Waals surface area contributed by atoms with E-state index in [0.29, 0.717) is 23.1 Å². The average molecular weight is 562 g/mol. The third-order valence-corrected chi connectivity index (χ3v) is 7.86. The van der Waals surface area contributed by atoms with Crippen molar-refractivity contribution < 1.29 is 17.9 Å². The standard InChI is InChI=1S/C30H28ClN3O4S/c1-22-3-7-25(8-4-22)21-38-28-15-9-24(10-16-28)19-32-33-30(35)20-34(27-13-11-26(31)12-14-27)39(36,37)29-17-5-23(2)6-18-29/h3-19H,20-21H2,1-2H3,(H,33,35)/b32-19-. The summed E-state index contributed by atoms with van der Waals surface area (Å²) in [4.78, 5) is 12.8. The second-order valence-corrected chi connectivity index (χ2v) is 11.2. The fraction of sp³-hybridized carbons (Fsp3) is 0.133. The van der Waals surface area contributed by atoms with Gasteiger partial charge in [0.2, 0.25) is 0 Å². The number of hydrazone groups is 1. The lowest BCUT2D eigenvalue weighted by molar-refractivity contribution is -0.119. The van der Waals surface area contributed by atoms with Gasteiger partial charge in [-0.2, -0.15) is 5.10 Å². The molecule has 0 spiro atoms. The number of amides is 1. The normalized spacial score (nSPS) is 11.4. The lowest BCUT2D eigenvalue weighted by Crippen LogP contribution is -2.39. The Morgan fingerprint density at radius 1 is 0.872 bits per heavy atom. The zero-order valence-corrected chi connectivity index (χ0v) is 23.1. The minimum atomic E-state index is -4.02. The third kappa shape index (κ3) is 7.69. The van der Waals surface area contributed by atoms with Crippen LogP contribution in [0.5, 0.6) is 5.75 Å². The molecule has 0 radical (unpaired) electrons. The Morgan fingerprint density at radius 3 is 2.08 bits per heavy atom. The van der Waals surface area contributed by atoms with Crippen LogP contribution >= 0.6 is 11.6 Å². The van der Waals surface area contributed by atoms with Crippen molar-refractivity contribution in [2.45, 2.75) is 25.3 Å². The lowest BCUT2D eigenvalue weighted by atomic mass is 10.2. The summed E-state index contributed by atoms with van der Waals surface area (Å²) in [6, 6.07) is 28.0. The van der Waals surface area contributed by atoms with Gasteiger partial charge in [-0.05, 0) is 85.6 Å². The number of benzene rings is 4. The molecule has 1 amide bonds. The maximum Gasteiger partial charge on any atom is 0.264 e. The molecule has 0 atom stereocenters. The molecular weight excluding hydrogens is 534 g/mol. The average Bonchev–Trinajstić information content (AvgIpc) is 2.93. The Balaban J connectivity index is 1.39. The van der Waals surface area contributed by atoms with Crippen molar-refractivity contribution in [3.8, 4) is 5.75 Å². The quantitative estimate of drug-likeness (QED) is 0.193. The van der Waals surface area contributed by atoms with Crippen LogP contribution in [-0.4, -0.2) is 27.1 Å². The van der Waals surface area contributed by atoms with Crippen LogP contribution < -0.4 is 14.5 Å². The van der Waals surface area contributed by atoms with E-state index in [9.17, 15) is 13.2 Å². The third-order valence-electron chi connectivity index (χ3n) is 5.82. The van der Waals surface area contributed by atoms with Crippen LogP contribution in [0.15, 0.2) is 107 Å². The summed E-state index contributed by atoms with van der Waals surface area (Å²) in [5.74, 6) is 0.103. The number of ether oxygens (including phenoxy) is 1. The summed E-state index contributed by atoms with van der Waals surface area (Å²) in [5, 5.41) is 4.44. The van der Waals surface area contributed by atoms with E-state index in [4.69, 9.17) is 16.3 Å². The molecule has 4 aromatic rings. The van der Waals surface area contributed by atoms with Crippen molar-refractivity contribution in [2.75, 3.05) is 10.8 Å². The number of aryl methyl sites for hydroxylation is 2. The number of nitrogens with one attached hydrogen (secondary N) is 1. The Hall–Kier alpha value is -4.14. The molecule has 0 aliphatic carbocycles. The second kappa shape index (κ2) is 12.6. The maximum atomic E-state index is 13.4. The molecule has 0 heterocycles. The molecule has 0 unspecified atom stereocenters. The first-order valence-corrected chi connectivity index (χ1v) is 14.0. The largest absolute Gasteiger partial charge is 0.489 e. The zero-order chi connectivity index (χ0) is 27.8. The summed E-state index contributed by atoms with van der Waals surface area (Å²) in [6.45, 7) is 3.89. The maximum absolute atomic E-state index is 13.4. The molecule has 200 valence electrons. The van der Waals surface area contributed by atoms with Crippen molar-refractivity contribution in [1.82, 2.24) is 5.43 Å². The van der Waals surface area contributed by atoms with Gasteiger partial charge >= 0.3 is 0 Å². The van der Waals surface area contributed by atoms with Crippen molar-refractivity contribution in [2.24, 2.45) is 5.10 Å². The van der Waals surface area contributed by atoms with Gasteiger partial charge in [0.05, 0.1) is 16.8 Å². The second-order valence-electron chi connectivity index (χ2n) is 8.94. The van der Waals surface area contributed by atoms with Gasteiger partial charge in [0.15, 0.2) is 0 Å². The van der Waals surface area contributed by atoms with E-state index >= 15 is 0 Å². The molecule has 4 rings (SSSR count). The highest BCUT2D eigenvalue weighted by Gasteiger charge is 2.27. The smallest absolute Gasteiger partial charge is 0.264 e. The molecule has 0 bridgehead atoms. The number of hydrogen-bond donors (Lipinski definition) is 1. The number of anilines is 1. The monoisotopic (exact) mass is 561 g/mol. The molecule has 0 fully saturated rings. The topological polar surface area (TPSA) is 88.1 Å². The molecule has 0 aromatic heterocycles. The number of nitrogens with zero attached hydrogens (tertiary/aromatic N) is 2. The van der Waals surface area contributed by atoms with E-state index in [1.807, 2.05) is 62.4 Å². The molecule has 0 aliphatic rings. The SMILES string of the molecule is Cc1ccc(COc2ccc(/C=N\NC(=O)CN(c3ccc(Cl)cc3)S(=O)(=O)c3ccc(C)cc3)cc2)cc1. The lowest BCUT2D eigenvalue weighted by Gasteiger charge is -2.23. The number of carbonyl (C=O) groups excluding carboxylic acids is 1. The molecule has 9 heteroatoms. The highest BCUT2D eigenvalue weighted by atomic mass is 35.5. The minimum absolute atomic E-state index is 0.0732. The minimum Gasteiger partial charge on any atom is -0.489 e. The molecule has 7 nitrogen and oxygen atoms in total. The van der Waals surface area contributed by atoms with Crippen LogP contribution in [0.2, 0.25) is 5.02 Å². The number of carbonyl (C=O) groups is 1. The number of halogens is 1. The summed E-state index contributed by atoms with van der Waals surface area (Å²) >= 11 is 5.98. The van der Waals surface area contributed by atoms with Crippen LogP contribution in [0, 0.1) is 13.8 Å². The highest BCUT2D eigenvalue weighted by molar-refractivity contribution is 7.92. The van der Waals surface area contributed by atoms with E-state index in [2.05, 4.69) is 10.5 Å². The van der Waals surface area contributed by atoms with E-state index in [0.717, 1.165) is 21.0 Å². The van der Waals surface area contributed by atoms with Crippen LogP contribution in [-0.2, 0) is 21.4 Å². The van der Waals surface area contributed by atoms with Crippen molar-refractivity contribution in [3.05, 3.63) is 124 Å². The van der Waals surface area contributed by atoms with E-state index in [1.165, 1.54) is 23.9 Å². The Bertz CT molecular complexity index is 1540. The summed E-state index contributed by atoms with van der Waals surface area (Å²) < 4.78 is 33.7. The summed E-state index contributed by atoms with van der Waals surface area (Å²) in [5.41, 5.74) is 6.64. The van der Waals surface area contributed by atoms with E-state index in [-0.39, 0.29) is 4.90 Å². The van der Waals surface area contributed by atoms with Gasteiger partial charge in [-0.25, -0.2) is 13.8 Å². The first-order chi connectivity index (χ1) is 18.7. The van der Waals surface area contributed by atoms with Gasteiger partial charge in [0.25, 0.3) is 15.9 Å². The van der Waals surface area contributed by atoms with Gasteiger partial charge in [0, 0.05) is 5.02 Å². The van der Waals surface area contributed by atoms with Crippen molar-refractivity contribution in [3.63, 3.8) is 0 Å². The molecule has 0 saturated heterocycles. The van der Waals surface area contributed by atoms with Gasteiger partial charge in [-0.1, -0.05) is 59.1 Å². The Labute approximate surface area is 233 Å². The predicted molar refractivity (Wildman–Crippen MR) is 155 cm³/mol. The number of hydrogen-bond acceptors (Lipinski definition) is 5. The fourth-order valence-corrected chi connectivity index (χ4v) is 5.15. The van der Waals surface area contributed by atoms with Gasteiger partial charge < -0.3 is 4.74 Å². The van der Waals surface area contributed by atoms with Gasteiger partial charge in [0.1, 0.15) is 18.9 Å². The molecule has 39 heavy (non-hydrogen) atoms. The van der Waals surface area contributed by atoms with Crippen LogP contribution in [0.4, 0.5) is 5.69 Å². The Kier molecular flexibility index (Phi) is 9.01. The molecule has 0 saturated carbocycles. The first kappa shape index (κ1) is 27.9. The van der Waals surface area contributed by atoms with Crippen LogP contribution in [0.3, 0.4) is 0 Å². The highest BCUT2D eigenvalue weighted by Crippen LogP contribution is 2.25. The molecule has 4 aromatic carbocycles. The number of rotatable bonds is 10. The van der Waals surface area contributed by atoms with Gasteiger partial charge in [-0.3, -0.25) is 9.10 Å². The van der Waals surface area contributed by atoms with Crippen molar-refractivity contribution in [1.29, 1.82) is 0 Å². The molecule has 0 aliphatic heterocycles. The van der Waals surface area contributed by atoms with E-state index in [1.54, 1.807) is 36.4 Å². The Morgan fingerprint density at radius 2 is 1.46 bits per heavy atom. The fourth-order valence-electron chi connectivity index (χ4n) is 3.61. The summed E-state index contributed by atoms with van der Waals surface area (Å²) in [7, 11) is -4.02. The zero-order valence-electron chi connectivity index (χ0n) is 21.5. The molecular formula is C30H28ClN3O4S. The van der Waals surface area contributed by atoms with Crippen LogP contribution in [0.1, 0.15) is 22.3 Å². The predicted octanol–water partition coefficient (Wildman–Crippen LogP) is 5.88. The van der Waals surface area contributed by atoms with Crippen LogP contribution in [0.25, 0.3) is 0 Å².